The van der Waals surface area contributed by atoms with Gasteiger partial charge in [-0.2, -0.15) is 0 Å². The van der Waals surface area contributed by atoms with Crippen LogP contribution in [0.15, 0.2) is 18.2 Å². The molecule has 2 rings (SSSR count). The quantitative estimate of drug-likeness (QED) is 0.655. The topological polar surface area (TPSA) is 98.3 Å². The van der Waals surface area contributed by atoms with E-state index in [1.54, 1.807) is 19.1 Å². The lowest BCUT2D eigenvalue weighted by Gasteiger charge is -2.27. The van der Waals surface area contributed by atoms with Gasteiger partial charge in [0, 0.05) is 29.8 Å². The van der Waals surface area contributed by atoms with Crippen LogP contribution in [0.4, 0.5) is 11.4 Å². The van der Waals surface area contributed by atoms with Crippen molar-refractivity contribution < 1.29 is 9.72 Å². The second-order valence-corrected chi connectivity index (χ2v) is 5.72. The molecule has 1 amide bonds. The maximum atomic E-state index is 12.1. The summed E-state index contributed by atoms with van der Waals surface area (Å²) in [6.45, 7) is 1.67. The molecule has 1 fully saturated rings. The van der Waals surface area contributed by atoms with Crippen LogP contribution in [0.25, 0.3) is 0 Å². The molecule has 6 nitrogen and oxygen atoms in total. The van der Waals surface area contributed by atoms with Crippen molar-refractivity contribution in [1.82, 2.24) is 0 Å². The van der Waals surface area contributed by atoms with Crippen molar-refractivity contribution in [3.8, 4) is 0 Å². The first-order valence-electron chi connectivity index (χ1n) is 7.28. The van der Waals surface area contributed by atoms with Gasteiger partial charge in [0.05, 0.1) is 4.92 Å². The minimum Gasteiger partial charge on any atom is -0.327 e. The van der Waals surface area contributed by atoms with E-state index >= 15 is 0 Å². The van der Waals surface area contributed by atoms with Crippen LogP contribution in [0.5, 0.6) is 0 Å². The zero-order valence-corrected chi connectivity index (χ0v) is 13.4. The number of nitrogens with two attached hydrogens (primary N) is 1. The summed E-state index contributed by atoms with van der Waals surface area (Å²) in [5, 5.41) is 13.6. The standard InChI is InChI=1S/C15H21N3O3.ClH/c1-10-6-7-12(9-14(10)18(20)21)17-15(19)8-11-4-2-3-5-13(11)16;/h6-7,9,11,13H,2-5,8,16H2,1H3,(H,17,19);1H. The molecule has 7 heteroatoms. The van der Waals surface area contributed by atoms with E-state index < -0.39 is 4.92 Å². The molecule has 1 saturated carbocycles. The van der Waals surface area contributed by atoms with Gasteiger partial charge in [-0.25, -0.2) is 0 Å². The Morgan fingerprint density at radius 2 is 2.09 bits per heavy atom. The largest absolute Gasteiger partial charge is 0.327 e. The Kier molecular flexibility index (Phi) is 6.77. The molecular weight excluding hydrogens is 306 g/mol. The van der Waals surface area contributed by atoms with Crippen molar-refractivity contribution in [1.29, 1.82) is 0 Å². The number of amides is 1. The van der Waals surface area contributed by atoms with Gasteiger partial charge >= 0.3 is 0 Å². The minimum atomic E-state index is -0.442. The number of aryl methyl sites for hydroxylation is 1. The summed E-state index contributed by atoms with van der Waals surface area (Å²) in [7, 11) is 0. The van der Waals surface area contributed by atoms with E-state index in [4.69, 9.17) is 5.73 Å². The van der Waals surface area contributed by atoms with E-state index in [-0.39, 0.29) is 36.0 Å². The van der Waals surface area contributed by atoms with Crippen LogP contribution in [0.1, 0.15) is 37.7 Å². The van der Waals surface area contributed by atoms with Crippen LogP contribution in [-0.2, 0) is 4.79 Å². The number of rotatable bonds is 4. The van der Waals surface area contributed by atoms with Gasteiger partial charge in [-0.3, -0.25) is 14.9 Å². The predicted octanol–water partition coefficient (Wildman–Crippen LogP) is 3.17. The molecule has 1 aromatic carbocycles. The lowest BCUT2D eigenvalue weighted by atomic mass is 9.83. The van der Waals surface area contributed by atoms with Crippen LogP contribution in [0.2, 0.25) is 0 Å². The highest BCUT2D eigenvalue weighted by molar-refractivity contribution is 5.91. The molecule has 0 bridgehead atoms. The van der Waals surface area contributed by atoms with Gasteiger partial charge < -0.3 is 11.1 Å². The number of carbonyl (C=O) groups excluding carboxylic acids is 1. The first-order valence-corrected chi connectivity index (χ1v) is 7.28. The molecule has 122 valence electrons. The maximum absolute atomic E-state index is 12.1. The smallest absolute Gasteiger partial charge is 0.274 e. The Morgan fingerprint density at radius 3 is 2.73 bits per heavy atom. The molecule has 0 radical (unpaired) electrons. The minimum absolute atomic E-state index is 0. The number of nitrogens with one attached hydrogen (secondary N) is 1. The third-order valence-corrected chi connectivity index (χ3v) is 4.11. The summed E-state index contributed by atoms with van der Waals surface area (Å²) in [5.41, 5.74) is 7.09. The number of anilines is 1. The van der Waals surface area contributed by atoms with Gasteiger partial charge in [0.1, 0.15) is 0 Å². The first-order chi connectivity index (χ1) is 9.97. The molecule has 0 saturated heterocycles. The molecule has 0 heterocycles. The van der Waals surface area contributed by atoms with Gasteiger partial charge in [-0.15, -0.1) is 12.4 Å². The Morgan fingerprint density at radius 1 is 1.41 bits per heavy atom. The summed E-state index contributed by atoms with van der Waals surface area (Å²) >= 11 is 0. The molecule has 0 aliphatic heterocycles. The molecule has 0 aromatic heterocycles. The number of benzene rings is 1. The Balaban J connectivity index is 0.00000242. The van der Waals surface area contributed by atoms with Crippen LogP contribution in [-0.4, -0.2) is 16.9 Å². The Hall–Kier alpha value is -1.66. The maximum Gasteiger partial charge on any atom is 0.274 e. The fourth-order valence-electron chi connectivity index (χ4n) is 2.82. The van der Waals surface area contributed by atoms with E-state index in [0.717, 1.165) is 25.7 Å². The van der Waals surface area contributed by atoms with Crippen molar-refractivity contribution in [3.63, 3.8) is 0 Å². The SMILES string of the molecule is Cc1ccc(NC(=O)CC2CCCCC2N)cc1[N+](=O)[O-].Cl. The molecular formula is C15H22ClN3O3. The monoisotopic (exact) mass is 327 g/mol. The van der Waals surface area contributed by atoms with Crippen molar-refractivity contribution in [2.24, 2.45) is 11.7 Å². The number of nitrogens with zero attached hydrogens (tertiary/aromatic N) is 1. The average Bonchev–Trinajstić information content (AvgIpc) is 2.43. The van der Waals surface area contributed by atoms with Crippen LogP contribution >= 0.6 is 12.4 Å². The van der Waals surface area contributed by atoms with Gasteiger partial charge in [-0.1, -0.05) is 18.9 Å². The highest BCUT2D eigenvalue weighted by Crippen LogP contribution is 2.27. The van der Waals surface area contributed by atoms with Gasteiger partial charge in [0.15, 0.2) is 0 Å². The molecule has 1 aliphatic carbocycles. The lowest BCUT2D eigenvalue weighted by Crippen LogP contribution is -2.35. The van der Waals surface area contributed by atoms with Gasteiger partial charge in [-0.05, 0) is 31.7 Å². The number of hydrogen-bond acceptors (Lipinski definition) is 4. The Bertz CT molecular complexity index is 551. The Labute approximate surface area is 136 Å². The van der Waals surface area contributed by atoms with E-state index in [9.17, 15) is 14.9 Å². The molecule has 22 heavy (non-hydrogen) atoms. The summed E-state index contributed by atoms with van der Waals surface area (Å²) in [6, 6.07) is 4.80. The second-order valence-electron chi connectivity index (χ2n) is 5.72. The molecule has 2 atom stereocenters. The fraction of sp³-hybridized carbons (Fsp3) is 0.533. The number of nitro groups is 1. The molecule has 3 N–H and O–H groups in total. The fourth-order valence-corrected chi connectivity index (χ4v) is 2.82. The normalized spacial score (nSPS) is 20.8. The van der Waals surface area contributed by atoms with E-state index in [1.807, 2.05) is 0 Å². The van der Waals surface area contributed by atoms with Gasteiger partial charge in [0.25, 0.3) is 5.69 Å². The van der Waals surface area contributed by atoms with Gasteiger partial charge in [0.2, 0.25) is 5.91 Å². The third-order valence-electron chi connectivity index (χ3n) is 4.11. The zero-order valence-electron chi connectivity index (χ0n) is 12.6. The molecule has 0 spiro atoms. The highest BCUT2D eigenvalue weighted by atomic mass is 35.5. The number of carbonyl (C=O) groups is 1. The second kappa shape index (κ2) is 8.10. The van der Waals surface area contributed by atoms with Crippen molar-refractivity contribution in [3.05, 3.63) is 33.9 Å². The van der Waals surface area contributed by atoms with Crippen molar-refractivity contribution >= 4 is 29.7 Å². The van der Waals surface area contributed by atoms with Crippen molar-refractivity contribution in [2.75, 3.05) is 5.32 Å². The third kappa shape index (κ3) is 4.68. The molecule has 2 unspecified atom stereocenters. The average molecular weight is 328 g/mol. The predicted molar refractivity (Wildman–Crippen MR) is 88.3 cm³/mol. The first kappa shape index (κ1) is 18.4. The van der Waals surface area contributed by atoms with Crippen LogP contribution < -0.4 is 11.1 Å². The summed E-state index contributed by atoms with van der Waals surface area (Å²) in [5.74, 6) is 0.0784. The summed E-state index contributed by atoms with van der Waals surface area (Å²) in [4.78, 5) is 22.5. The molecule has 1 aliphatic rings. The number of hydrogen-bond donors (Lipinski definition) is 2. The van der Waals surface area contributed by atoms with Crippen molar-refractivity contribution in [2.45, 2.75) is 45.1 Å². The number of halogens is 1. The van der Waals surface area contributed by atoms with Crippen LogP contribution in [0, 0.1) is 23.0 Å². The zero-order chi connectivity index (χ0) is 15.4. The lowest BCUT2D eigenvalue weighted by molar-refractivity contribution is -0.385. The van der Waals surface area contributed by atoms with Crippen LogP contribution in [0.3, 0.4) is 0 Å². The van der Waals surface area contributed by atoms with E-state index in [0.29, 0.717) is 17.7 Å². The number of nitro benzene ring substituents is 1. The summed E-state index contributed by atoms with van der Waals surface area (Å²) in [6.07, 6.45) is 4.56. The molecule has 1 aromatic rings. The summed E-state index contributed by atoms with van der Waals surface area (Å²) < 4.78 is 0. The van der Waals surface area contributed by atoms with E-state index in [2.05, 4.69) is 5.32 Å². The van der Waals surface area contributed by atoms with E-state index in [1.165, 1.54) is 6.07 Å². The highest BCUT2D eigenvalue weighted by Gasteiger charge is 2.24.